The summed E-state index contributed by atoms with van der Waals surface area (Å²) in [6.45, 7) is 1.76. The van der Waals surface area contributed by atoms with Gasteiger partial charge in [0.05, 0.1) is 26.4 Å². The van der Waals surface area contributed by atoms with Gasteiger partial charge in [0.2, 0.25) is 11.8 Å². The number of esters is 2. The Kier molecular flexibility index (Phi) is 4.99. The van der Waals surface area contributed by atoms with Crippen LogP contribution in [-0.4, -0.2) is 49.7 Å². The average Bonchev–Trinajstić information content (AvgIpc) is 3.12. The van der Waals surface area contributed by atoms with Crippen molar-refractivity contribution in [3.63, 3.8) is 0 Å². The quantitative estimate of drug-likeness (QED) is 0.750. The van der Waals surface area contributed by atoms with Crippen LogP contribution in [0.3, 0.4) is 0 Å². The van der Waals surface area contributed by atoms with Crippen molar-refractivity contribution in [2.75, 3.05) is 32.5 Å². The van der Waals surface area contributed by atoms with Gasteiger partial charge in [-0.25, -0.2) is 9.59 Å². The summed E-state index contributed by atoms with van der Waals surface area (Å²) in [6.07, 6.45) is 0. The highest BCUT2D eigenvalue weighted by molar-refractivity contribution is 6.03. The number of hydrogen-bond donors (Lipinski definition) is 0. The molecule has 9 nitrogen and oxygen atoms in total. The second-order valence-electron chi connectivity index (χ2n) is 5.39. The summed E-state index contributed by atoms with van der Waals surface area (Å²) in [7, 11) is 2.49. The van der Waals surface area contributed by atoms with Gasteiger partial charge in [0, 0.05) is 18.2 Å². The van der Waals surface area contributed by atoms with E-state index < -0.39 is 11.9 Å². The third-order valence-corrected chi connectivity index (χ3v) is 3.79. The zero-order valence-electron chi connectivity index (χ0n) is 14.5. The molecule has 1 aliphatic heterocycles. The van der Waals surface area contributed by atoms with Crippen LogP contribution in [0.4, 0.5) is 5.69 Å². The van der Waals surface area contributed by atoms with E-state index in [1.54, 1.807) is 36.1 Å². The molecule has 26 heavy (non-hydrogen) atoms. The first-order valence-corrected chi connectivity index (χ1v) is 7.70. The van der Waals surface area contributed by atoms with Crippen LogP contribution in [0.5, 0.6) is 0 Å². The third kappa shape index (κ3) is 3.29. The van der Waals surface area contributed by atoms with E-state index in [-0.39, 0.29) is 24.6 Å². The highest BCUT2D eigenvalue weighted by Gasteiger charge is 2.32. The van der Waals surface area contributed by atoms with Crippen molar-refractivity contribution < 1.29 is 28.2 Å². The van der Waals surface area contributed by atoms with Gasteiger partial charge in [0.25, 0.3) is 0 Å². The molecule has 2 aromatic rings. The lowest BCUT2D eigenvalue weighted by Crippen LogP contribution is -2.38. The van der Waals surface area contributed by atoms with Crippen molar-refractivity contribution in [2.24, 2.45) is 0 Å². The first kappa shape index (κ1) is 17.6. The molecule has 136 valence electrons. The molecule has 0 bridgehead atoms. The molecule has 0 N–H and O–H groups in total. The zero-order valence-corrected chi connectivity index (χ0v) is 14.5. The molecule has 0 fully saturated rings. The molecular formula is C17H17N3O6. The summed E-state index contributed by atoms with van der Waals surface area (Å²) in [5, 5.41) is 7.75. The minimum absolute atomic E-state index is 0.0348. The van der Waals surface area contributed by atoms with Gasteiger partial charge in [-0.1, -0.05) is 0 Å². The third-order valence-electron chi connectivity index (χ3n) is 3.79. The van der Waals surface area contributed by atoms with Crippen LogP contribution in [0.15, 0.2) is 40.0 Å². The Labute approximate surface area is 149 Å². The first-order valence-electron chi connectivity index (χ1n) is 7.70. The molecule has 0 radical (unpaired) electrons. The maximum Gasteiger partial charge on any atom is 0.355 e. The normalized spacial score (nSPS) is 14.3. The maximum atomic E-state index is 12.3. The molecule has 3 rings (SSSR count). The predicted octanol–water partition coefficient (Wildman–Crippen LogP) is 1.44. The standard InChI is InChI=1S/C17H17N3O6/c1-10-18-19-15(26-10)11-4-6-12(7-5-11)20-9-25-8-13(16(21)23-2)14(20)17(22)24-3/h4-7H,8-9H2,1-3H3. The first-order chi connectivity index (χ1) is 12.5. The summed E-state index contributed by atoms with van der Waals surface area (Å²) in [5.74, 6) is -0.437. The van der Waals surface area contributed by atoms with E-state index in [0.717, 1.165) is 5.56 Å². The Bertz CT molecular complexity index is 856. The van der Waals surface area contributed by atoms with Gasteiger partial charge in [-0.05, 0) is 24.3 Å². The fourth-order valence-electron chi connectivity index (χ4n) is 2.54. The van der Waals surface area contributed by atoms with Gasteiger partial charge in [-0.15, -0.1) is 10.2 Å². The number of anilines is 1. The van der Waals surface area contributed by atoms with E-state index in [4.69, 9.17) is 18.6 Å². The van der Waals surface area contributed by atoms with Crippen LogP contribution in [0.25, 0.3) is 11.5 Å². The number of hydrogen-bond acceptors (Lipinski definition) is 9. The number of carbonyl (C=O) groups excluding carboxylic acids is 2. The number of nitrogens with zero attached hydrogens (tertiary/aromatic N) is 3. The van der Waals surface area contributed by atoms with E-state index in [9.17, 15) is 9.59 Å². The van der Waals surface area contributed by atoms with Gasteiger partial charge in [-0.3, -0.25) is 0 Å². The summed E-state index contributed by atoms with van der Waals surface area (Å²) < 4.78 is 20.4. The Morgan fingerprint density at radius 1 is 1.08 bits per heavy atom. The Balaban J connectivity index is 1.98. The fourth-order valence-corrected chi connectivity index (χ4v) is 2.54. The van der Waals surface area contributed by atoms with Gasteiger partial charge in [0.15, 0.2) is 0 Å². The molecule has 1 aromatic carbocycles. The molecule has 0 aliphatic carbocycles. The molecule has 0 atom stereocenters. The van der Waals surface area contributed by atoms with Crippen molar-refractivity contribution in [3.8, 4) is 11.5 Å². The molecular weight excluding hydrogens is 342 g/mol. The second kappa shape index (κ2) is 7.36. The lowest BCUT2D eigenvalue weighted by molar-refractivity contribution is -0.140. The van der Waals surface area contributed by atoms with Crippen molar-refractivity contribution >= 4 is 17.6 Å². The number of aromatic nitrogens is 2. The lowest BCUT2D eigenvalue weighted by atomic mass is 10.1. The monoisotopic (exact) mass is 359 g/mol. The molecule has 0 saturated carbocycles. The number of ether oxygens (including phenoxy) is 3. The summed E-state index contributed by atoms with van der Waals surface area (Å²) in [5.41, 5.74) is 1.55. The SMILES string of the molecule is COC(=O)C1=C(C(=O)OC)N(c2ccc(-c3nnc(C)o3)cc2)COC1. The molecule has 1 aliphatic rings. The maximum absolute atomic E-state index is 12.3. The summed E-state index contributed by atoms with van der Waals surface area (Å²) in [4.78, 5) is 25.8. The fraction of sp³-hybridized carbons (Fsp3) is 0.294. The van der Waals surface area contributed by atoms with E-state index in [2.05, 4.69) is 10.2 Å². The molecule has 2 heterocycles. The number of methoxy groups -OCH3 is 2. The van der Waals surface area contributed by atoms with Crippen molar-refractivity contribution in [3.05, 3.63) is 41.4 Å². The Morgan fingerprint density at radius 3 is 2.35 bits per heavy atom. The molecule has 0 amide bonds. The van der Waals surface area contributed by atoms with E-state index in [1.807, 2.05) is 0 Å². The smallest absolute Gasteiger partial charge is 0.355 e. The largest absolute Gasteiger partial charge is 0.466 e. The van der Waals surface area contributed by atoms with Gasteiger partial charge >= 0.3 is 11.9 Å². The van der Waals surface area contributed by atoms with Gasteiger partial charge < -0.3 is 23.5 Å². The van der Waals surface area contributed by atoms with Crippen LogP contribution in [0, 0.1) is 6.92 Å². The van der Waals surface area contributed by atoms with Crippen LogP contribution in [0.2, 0.25) is 0 Å². The molecule has 0 saturated heterocycles. The highest BCUT2D eigenvalue weighted by Crippen LogP contribution is 2.28. The zero-order chi connectivity index (χ0) is 18.7. The van der Waals surface area contributed by atoms with E-state index in [0.29, 0.717) is 17.5 Å². The van der Waals surface area contributed by atoms with Crippen molar-refractivity contribution in [2.45, 2.75) is 6.92 Å². The number of aryl methyl sites for hydroxylation is 1. The van der Waals surface area contributed by atoms with Crippen LogP contribution < -0.4 is 4.90 Å². The van der Waals surface area contributed by atoms with Gasteiger partial charge in [0.1, 0.15) is 12.4 Å². The number of rotatable bonds is 4. The molecule has 0 unspecified atom stereocenters. The average molecular weight is 359 g/mol. The molecule has 9 heteroatoms. The van der Waals surface area contributed by atoms with E-state index in [1.165, 1.54) is 14.2 Å². The second-order valence-corrected chi connectivity index (χ2v) is 5.39. The summed E-state index contributed by atoms with van der Waals surface area (Å²) in [6, 6.07) is 7.04. The van der Waals surface area contributed by atoms with Crippen molar-refractivity contribution in [1.29, 1.82) is 0 Å². The van der Waals surface area contributed by atoms with Crippen LogP contribution >= 0.6 is 0 Å². The van der Waals surface area contributed by atoms with E-state index >= 15 is 0 Å². The minimum atomic E-state index is -0.648. The minimum Gasteiger partial charge on any atom is -0.466 e. The Hall–Kier alpha value is -3.20. The number of carbonyl (C=O) groups is 2. The molecule has 1 aromatic heterocycles. The predicted molar refractivity (Wildman–Crippen MR) is 88.8 cm³/mol. The van der Waals surface area contributed by atoms with Crippen LogP contribution in [-0.2, 0) is 23.8 Å². The Morgan fingerprint density at radius 2 is 1.77 bits per heavy atom. The highest BCUT2D eigenvalue weighted by atomic mass is 16.5. The lowest BCUT2D eigenvalue weighted by Gasteiger charge is -2.31. The van der Waals surface area contributed by atoms with Crippen molar-refractivity contribution in [1.82, 2.24) is 10.2 Å². The summed E-state index contributed by atoms with van der Waals surface area (Å²) >= 11 is 0. The number of benzene rings is 1. The van der Waals surface area contributed by atoms with Crippen LogP contribution in [0.1, 0.15) is 5.89 Å². The topological polar surface area (TPSA) is 104 Å². The van der Waals surface area contributed by atoms with Gasteiger partial charge in [-0.2, -0.15) is 0 Å². The molecule has 0 spiro atoms.